The molecule has 0 bridgehead atoms. The largest absolute Gasteiger partial charge is 0.504 e. The Kier molecular flexibility index (Phi) is 6.96. The van der Waals surface area contributed by atoms with Gasteiger partial charge in [0.05, 0.1) is 34.9 Å². The maximum Gasteiger partial charge on any atom is 0.263 e. The molecule has 1 saturated heterocycles. The lowest BCUT2D eigenvalue weighted by atomic mass is 10.0. The molecule has 2 aromatic carbocycles. The quantitative estimate of drug-likeness (QED) is 0.332. The number of carbonyl (C=O) groups excluding carboxylic acids is 2. The molecule has 41 heavy (non-hydrogen) atoms. The van der Waals surface area contributed by atoms with Gasteiger partial charge in [0.1, 0.15) is 18.0 Å². The summed E-state index contributed by atoms with van der Waals surface area (Å²) in [5, 5.41) is 12.9. The Morgan fingerprint density at radius 1 is 1.15 bits per heavy atom. The predicted molar refractivity (Wildman–Crippen MR) is 148 cm³/mol. The monoisotopic (exact) mass is 583 g/mol. The summed E-state index contributed by atoms with van der Waals surface area (Å²) in [6.45, 7) is 2.64. The first-order valence-corrected chi connectivity index (χ1v) is 13.4. The molecule has 1 amide bonds. The molecule has 2 aromatic heterocycles. The minimum Gasteiger partial charge on any atom is -0.504 e. The van der Waals surface area contributed by atoms with Crippen molar-refractivity contribution in [2.45, 2.75) is 25.9 Å². The molecule has 0 unspecified atom stereocenters. The normalized spacial score (nSPS) is 14.9. The van der Waals surface area contributed by atoms with E-state index in [9.17, 15) is 23.9 Å². The topological polar surface area (TPSA) is 119 Å². The van der Waals surface area contributed by atoms with Crippen molar-refractivity contribution >= 4 is 46.2 Å². The lowest BCUT2D eigenvalue weighted by molar-refractivity contribution is -0.116. The van der Waals surface area contributed by atoms with Crippen molar-refractivity contribution in [1.82, 2.24) is 14.1 Å². The van der Waals surface area contributed by atoms with Gasteiger partial charge in [0, 0.05) is 49.1 Å². The number of rotatable bonds is 6. The number of halogens is 3. The Balaban J connectivity index is 1.40. The number of benzene rings is 2. The van der Waals surface area contributed by atoms with Crippen LogP contribution in [0, 0.1) is 11.6 Å². The van der Waals surface area contributed by atoms with Crippen LogP contribution < -0.4 is 15.8 Å². The van der Waals surface area contributed by atoms with E-state index in [1.165, 1.54) is 15.3 Å². The Labute approximate surface area is 236 Å². The van der Waals surface area contributed by atoms with Crippen LogP contribution in [-0.2, 0) is 29.0 Å². The van der Waals surface area contributed by atoms with Crippen molar-refractivity contribution in [3.05, 3.63) is 68.9 Å². The van der Waals surface area contributed by atoms with Crippen LogP contribution in [0.5, 0.6) is 5.75 Å². The van der Waals surface area contributed by atoms with Crippen molar-refractivity contribution in [1.29, 1.82) is 0 Å². The highest BCUT2D eigenvalue weighted by molar-refractivity contribution is 6.33. The predicted octanol–water partition coefficient (Wildman–Crippen LogP) is 3.74. The van der Waals surface area contributed by atoms with Crippen LogP contribution in [0.4, 0.5) is 20.2 Å². The number of aryl methyl sites for hydroxylation is 1. The molecule has 0 radical (unpaired) electrons. The third-order valence-corrected chi connectivity index (χ3v) is 7.71. The van der Waals surface area contributed by atoms with Crippen LogP contribution in [0.2, 0.25) is 5.02 Å². The number of aromatic nitrogens is 3. The molecule has 1 fully saturated rings. The number of hydrogen-bond acceptors (Lipinski definition) is 7. The number of carbonyl (C=O) groups is 2. The van der Waals surface area contributed by atoms with Crippen LogP contribution in [0.3, 0.4) is 0 Å². The van der Waals surface area contributed by atoms with Crippen molar-refractivity contribution in [3.8, 4) is 16.9 Å². The highest BCUT2D eigenvalue weighted by Gasteiger charge is 2.27. The maximum atomic E-state index is 15.1. The maximum absolute atomic E-state index is 15.1. The van der Waals surface area contributed by atoms with Crippen LogP contribution >= 0.6 is 11.6 Å². The zero-order valence-corrected chi connectivity index (χ0v) is 22.4. The van der Waals surface area contributed by atoms with Crippen molar-refractivity contribution in [2.75, 3.05) is 36.5 Å². The molecule has 2 aliphatic heterocycles. The van der Waals surface area contributed by atoms with Crippen molar-refractivity contribution in [3.63, 3.8) is 0 Å². The van der Waals surface area contributed by atoms with Gasteiger partial charge < -0.3 is 24.6 Å². The molecule has 0 saturated carbocycles. The SMILES string of the molecule is O=Cc1cc(-c2cn(CC(=O)Nc3cc(N4CCOCC4)ccc3Cl)c3nc4n(c(=O)c23)CCC4)c(F)c(F)c1O. The second-order valence-electron chi connectivity index (χ2n) is 9.88. The van der Waals surface area contributed by atoms with E-state index in [0.29, 0.717) is 62.2 Å². The van der Waals surface area contributed by atoms with Gasteiger partial charge in [-0.25, -0.2) is 9.37 Å². The zero-order valence-electron chi connectivity index (χ0n) is 21.6. The minimum absolute atomic E-state index is 0.0309. The molecule has 4 heterocycles. The third kappa shape index (κ3) is 4.72. The fraction of sp³-hybridized carbons (Fsp3) is 0.286. The molecule has 0 aliphatic carbocycles. The molecular formula is C28H24ClF2N5O5. The number of phenols is 1. The molecule has 212 valence electrons. The Morgan fingerprint density at radius 2 is 1.93 bits per heavy atom. The van der Waals surface area contributed by atoms with Gasteiger partial charge in [-0.1, -0.05) is 11.6 Å². The number of phenolic OH excluding ortho intramolecular Hbond substituents is 1. The van der Waals surface area contributed by atoms with Crippen molar-refractivity contribution in [2.24, 2.45) is 0 Å². The number of hydrogen-bond donors (Lipinski definition) is 2. The summed E-state index contributed by atoms with van der Waals surface area (Å²) in [4.78, 5) is 44.9. The van der Waals surface area contributed by atoms with Gasteiger partial charge in [0.25, 0.3) is 5.56 Å². The second-order valence-corrected chi connectivity index (χ2v) is 10.3. The number of fused-ring (bicyclic) bond motifs is 2. The van der Waals surface area contributed by atoms with Gasteiger partial charge in [-0.2, -0.15) is 4.39 Å². The van der Waals surface area contributed by atoms with Gasteiger partial charge in [-0.15, -0.1) is 0 Å². The number of nitrogens with one attached hydrogen (secondary N) is 1. The van der Waals surface area contributed by atoms with Gasteiger partial charge in [0.2, 0.25) is 11.7 Å². The first kappa shape index (κ1) is 26.9. The molecule has 2 aliphatic rings. The number of nitrogens with zero attached hydrogens (tertiary/aromatic N) is 4. The van der Waals surface area contributed by atoms with Crippen LogP contribution in [-0.4, -0.2) is 57.7 Å². The van der Waals surface area contributed by atoms with Gasteiger partial charge in [0.15, 0.2) is 17.9 Å². The molecule has 2 N–H and O–H groups in total. The number of amides is 1. The number of anilines is 2. The molecule has 13 heteroatoms. The zero-order chi connectivity index (χ0) is 28.8. The van der Waals surface area contributed by atoms with E-state index in [1.54, 1.807) is 12.1 Å². The van der Waals surface area contributed by atoms with Crippen molar-refractivity contribution < 1.29 is 28.2 Å². The Morgan fingerprint density at radius 3 is 2.68 bits per heavy atom. The Hall–Kier alpha value is -4.29. The van der Waals surface area contributed by atoms with Gasteiger partial charge in [-0.05, 0) is 30.7 Å². The highest BCUT2D eigenvalue weighted by atomic mass is 35.5. The van der Waals surface area contributed by atoms with Gasteiger partial charge in [-0.3, -0.25) is 19.0 Å². The first-order chi connectivity index (χ1) is 19.8. The van der Waals surface area contributed by atoms with E-state index < -0.39 is 40.0 Å². The summed E-state index contributed by atoms with van der Waals surface area (Å²) in [5.41, 5.74) is -0.0667. The van der Waals surface area contributed by atoms with Crippen LogP contribution in [0.1, 0.15) is 22.6 Å². The summed E-state index contributed by atoms with van der Waals surface area (Å²) in [7, 11) is 0. The van der Waals surface area contributed by atoms with E-state index in [4.69, 9.17) is 16.3 Å². The standard InChI is InChI=1S/C28H24ClF2N5O5/c29-19-4-3-16(34-6-8-41-9-7-34)11-20(19)32-22(38)13-35-12-18(17-10-15(14-37)26(39)25(31)24(17)30)23-27(35)33-21-2-1-5-36(21)28(23)40/h3-4,10-12,14,39H,1-2,5-9,13H2,(H,32,38). The summed E-state index contributed by atoms with van der Waals surface area (Å²) in [5.74, 6) is -4.17. The minimum atomic E-state index is -1.62. The molecular weight excluding hydrogens is 560 g/mol. The lowest BCUT2D eigenvalue weighted by Crippen LogP contribution is -2.36. The van der Waals surface area contributed by atoms with E-state index in [-0.39, 0.29) is 29.4 Å². The average molecular weight is 584 g/mol. The van der Waals surface area contributed by atoms with E-state index in [0.717, 1.165) is 11.8 Å². The second kappa shape index (κ2) is 10.6. The number of aldehydes is 1. The highest BCUT2D eigenvalue weighted by Crippen LogP contribution is 2.36. The average Bonchev–Trinajstić information content (AvgIpc) is 3.59. The molecule has 0 spiro atoms. The summed E-state index contributed by atoms with van der Waals surface area (Å²) >= 11 is 6.37. The summed E-state index contributed by atoms with van der Waals surface area (Å²) in [6, 6.07) is 6.27. The molecule has 6 rings (SSSR count). The lowest BCUT2D eigenvalue weighted by Gasteiger charge is -2.29. The fourth-order valence-electron chi connectivity index (χ4n) is 5.35. The summed E-state index contributed by atoms with van der Waals surface area (Å²) in [6.07, 6.45) is 2.73. The first-order valence-electron chi connectivity index (χ1n) is 13.0. The van der Waals surface area contributed by atoms with E-state index in [2.05, 4.69) is 15.2 Å². The number of morpholine rings is 1. The fourth-order valence-corrected chi connectivity index (χ4v) is 5.51. The van der Waals surface area contributed by atoms with E-state index >= 15 is 4.39 Å². The van der Waals surface area contributed by atoms with Crippen LogP contribution in [0.25, 0.3) is 22.2 Å². The van der Waals surface area contributed by atoms with E-state index in [1.807, 2.05) is 6.07 Å². The molecule has 10 nitrogen and oxygen atoms in total. The third-order valence-electron chi connectivity index (χ3n) is 7.38. The van der Waals surface area contributed by atoms with Crippen LogP contribution in [0.15, 0.2) is 35.3 Å². The molecule has 4 aromatic rings. The number of aromatic hydroxyl groups is 1. The smallest absolute Gasteiger partial charge is 0.263 e. The summed E-state index contributed by atoms with van der Waals surface area (Å²) < 4.78 is 37.9. The Bertz CT molecular complexity index is 1780. The van der Waals surface area contributed by atoms with Gasteiger partial charge >= 0.3 is 0 Å². The molecule has 0 atom stereocenters. The number of ether oxygens (including phenoxy) is 1.